The Bertz CT molecular complexity index is 522. The van der Waals surface area contributed by atoms with Gasteiger partial charge in [0, 0.05) is 26.0 Å². The molecule has 0 spiro atoms. The highest BCUT2D eigenvalue weighted by Crippen LogP contribution is 2.13. The third-order valence-corrected chi connectivity index (χ3v) is 3.13. The summed E-state index contributed by atoms with van der Waals surface area (Å²) in [6.45, 7) is 3.55. The van der Waals surface area contributed by atoms with Crippen molar-refractivity contribution in [1.82, 2.24) is 9.97 Å². The standard InChI is InChI=1S/C15H20N4/c1-12-5-3-4-6-14(12)11-19(2)15-17-9-13(7-8-16)10-18-15/h3-6,9-10H,7-8,11,16H2,1-2H3. The summed E-state index contributed by atoms with van der Waals surface area (Å²) in [6, 6.07) is 8.36. The molecule has 0 saturated carbocycles. The fourth-order valence-corrected chi connectivity index (χ4v) is 1.95. The quantitative estimate of drug-likeness (QED) is 0.888. The zero-order valence-corrected chi connectivity index (χ0v) is 11.5. The number of aromatic nitrogens is 2. The lowest BCUT2D eigenvalue weighted by Crippen LogP contribution is -2.19. The number of hydrogen-bond acceptors (Lipinski definition) is 4. The van der Waals surface area contributed by atoms with Gasteiger partial charge in [0.05, 0.1) is 0 Å². The van der Waals surface area contributed by atoms with Crippen molar-refractivity contribution in [2.75, 3.05) is 18.5 Å². The predicted molar refractivity (Wildman–Crippen MR) is 78.1 cm³/mol. The maximum absolute atomic E-state index is 5.51. The Morgan fingerprint density at radius 1 is 1.16 bits per heavy atom. The molecule has 4 nitrogen and oxygen atoms in total. The van der Waals surface area contributed by atoms with Crippen LogP contribution >= 0.6 is 0 Å². The van der Waals surface area contributed by atoms with Crippen LogP contribution in [0.4, 0.5) is 5.95 Å². The normalized spacial score (nSPS) is 10.5. The van der Waals surface area contributed by atoms with Crippen LogP contribution in [0.3, 0.4) is 0 Å². The highest BCUT2D eigenvalue weighted by Gasteiger charge is 2.06. The summed E-state index contributed by atoms with van der Waals surface area (Å²) in [6.07, 6.45) is 4.52. The van der Waals surface area contributed by atoms with E-state index in [0.29, 0.717) is 6.54 Å². The van der Waals surface area contributed by atoms with Crippen LogP contribution in [0.15, 0.2) is 36.7 Å². The molecule has 1 heterocycles. The van der Waals surface area contributed by atoms with E-state index in [9.17, 15) is 0 Å². The minimum atomic E-state index is 0.627. The molecular weight excluding hydrogens is 236 g/mol. The molecule has 0 aliphatic heterocycles. The lowest BCUT2D eigenvalue weighted by Gasteiger charge is -2.18. The summed E-state index contributed by atoms with van der Waals surface area (Å²) in [5, 5.41) is 0. The van der Waals surface area contributed by atoms with Gasteiger partial charge >= 0.3 is 0 Å². The van der Waals surface area contributed by atoms with Crippen molar-refractivity contribution < 1.29 is 0 Å². The van der Waals surface area contributed by atoms with Crippen LogP contribution in [0.1, 0.15) is 16.7 Å². The summed E-state index contributed by atoms with van der Waals surface area (Å²) >= 11 is 0. The lowest BCUT2D eigenvalue weighted by molar-refractivity contribution is 0.849. The average Bonchev–Trinajstić information content (AvgIpc) is 2.42. The summed E-state index contributed by atoms with van der Waals surface area (Å²) < 4.78 is 0. The minimum Gasteiger partial charge on any atom is -0.340 e. The van der Waals surface area contributed by atoms with Crippen molar-refractivity contribution in [2.24, 2.45) is 5.73 Å². The Labute approximate surface area is 114 Å². The molecule has 2 rings (SSSR count). The Morgan fingerprint density at radius 2 is 1.84 bits per heavy atom. The molecule has 19 heavy (non-hydrogen) atoms. The molecule has 1 aromatic carbocycles. The molecule has 2 aromatic rings. The molecule has 2 N–H and O–H groups in total. The number of anilines is 1. The van der Waals surface area contributed by atoms with Crippen molar-refractivity contribution in [2.45, 2.75) is 19.9 Å². The molecule has 1 aromatic heterocycles. The number of aryl methyl sites for hydroxylation is 1. The van der Waals surface area contributed by atoms with Crippen LogP contribution < -0.4 is 10.6 Å². The second kappa shape index (κ2) is 6.29. The van der Waals surface area contributed by atoms with Gasteiger partial charge in [0.1, 0.15) is 0 Å². The Hall–Kier alpha value is -1.94. The van der Waals surface area contributed by atoms with Crippen LogP contribution in [0.25, 0.3) is 0 Å². The van der Waals surface area contributed by atoms with Gasteiger partial charge in [0.15, 0.2) is 0 Å². The van der Waals surface area contributed by atoms with E-state index in [1.807, 2.05) is 19.4 Å². The zero-order valence-electron chi connectivity index (χ0n) is 11.5. The number of rotatable bonds is 5. The first-order valence-electron chi connectivity index (χ1n) is 6.47. The second-order valence-corrected chi connectivity index (χ2v) is 4.71. The van der Waals surface area contributed by atoms with Gasteiger partial charge in [-0.25, -0.2) is 9.97 Å². The van der Waals surface area contributed by atoms with Crippen LogP contribution in [0, 0.1) is 6.92 Å². The van der Waals surface area contributed by atoms with Crippen LogP contribution in [0.5, 0.6) is 0 Å². The van der Waals surface area contributed by atoms with E-state index in [2.05, 4.69) is 46.1 Å². The topological polar surface area (TPSA) is 55.0 Å². The van der Waals surface area contributed by atoms with Crippen molar-refractivity contribution >= 4 is 5.95 Å². The van der Waals surface area contributed by atoms with Gasteiger partial charge in [-0.2, -0.15) is 0 Å². The average molecular weight is 256 g/mol. The fourth-order valence-electron chi connectivity index (χ4n) is 1.95. The largest absolute Gasteiger partial charge is 0.340 e. The first-order valence-corrected chi connectivity index (χ1v) is 6.47. The number of nitrogens with two attached hydrogens (primary N) is 1. The van der Waals surface area contributed by atoms with Crippen molar-refractivity contribution in [3.63, 3.8) is 0 Å². The van der Waals surface area contributed by atoms with Gasteiger partial charge in [-0.3, -0.25) is 0 Å². The lowest BCUT2D eigenvalue weighted by atomic mass is 10.1. The highest BCUT2D eigenvalue weighted by atomic mass is 15.2. The van der Waals surface area contributed by atoms with E-state index < -0.39 is 0 Å². The zero-order chi connectivity index (χ0) is 13.7. The van der Waals surface area contributed by atoms with Crippen molar-refractivity contribution in [3.05, 3.63) is 53.3 Å². The van der Waals surface area contributed by atoms with Gasteiger partial charge in [-0.15, -0.1) is 0 Å². The summed E-state index contributed by atoms with van der Waals surface area (Å²) in [5.74, 6) is 0.740. The first-order chi connectivity index (χ1) is 9.20. The molecule has 0 amide bonds. The van der Waals surface area contributed by atoms with E-state index in [4.69, 9.17) is 5.73 Å². The third-order valence-electron chi connectivity index (χ3n) is 3.13. The molecule has 0 atom stereocenters. The molecule has 0 bridgehead atoms. The summed E-state index contributed by atoms with van der Waals surface area (Å²) in [4.78, 5) is 10.8. The fraction of sp³-hybridized carbons (Fsp3) is 0.333. The van der Waals surface area contributed by atoms with Crippen LogP contribution in [-0.2, 0) is 13.0 Å². The molecule has 0 aliphatic carbocycles. The molecule has 100 valence electrons. The van der Waals surface area contributed by atoms with E-state index in [0.717, 1.165) is 24.5 Å². The maximum atomic E-state index is 5.51. The Kier molecular flexibility index (Phi) is 4.47. The van der Waals surface area contributed by atoms with Crippen molar-refractivity contribution in [3.8, 4) is 0 Å². The molecule has 0 unspecified atom stereocenters. The van der Waals surface area contributed by atoms with Gasteiger partial charge in [-0.05, 0) is 36.6 Å². The van der Waals surface area contributed by atoms with Crippen molar-refractivity contribution in [1.29, 1.82) is 0 Å². The van der Waals surface area contributed by atoms with E-state index in [1.165, 1.54) is 11.1 Å². The first kappa shape index (κ1) is 13.5. The maximum Gasteiger partial charge on any atom is 0.225 e. The van der Waals surface area contributed by atoms with E-state index in [1.54, 1.807) is 0 Å². The van der Waals surface area contributed by atoms with Gasteiger partial charge in [0.2, 0.25) is 5.95 Å². The second-order valence-electron chi connectivity index (χ2n) is 4.71. The highest BCUT2D eigenvalue weighted by molar-refractivity contribution is 5.34. The Balaban J connectivity index is 2.07. The van der Waals surface area contributed by atoms with Gasteiger partial charge in [0.25, 0.3) is 0 Å². The number of benzene rings is 1. The Morgan fingerprint density at radius 3 is 2.47 bits per heavy atom. The molecule has 4 heteroatoms. The van der Waals surface area contributed by atoms with E-state index >= 15 is 0 Å². The SMILES string of the molecule is Cc1ccccc1CN(C)c1ncc(CCN)cn1. The molecule has 0 saturated heterocycles. The molecule has 0 fully saturated rings. The monoisotopic (exact) mass is 256 g/mol. The summed E-state index contributed by atoms with van der Waals surface area (Å²) in [5.41, 5.74) is 9.17. The molecule has 0 aliphatic rings. The van der Waals surface area contributed by atoms with Gasteiger partial charge in [-0.1, -0.05) is 24.3 Å². The van der Waals surface area contributed by atoms with Gasteiger partial charge < -0.3 is 10.6 Å². The number of nitrogens with zero attached hydrogens (tertiary/aromatic N) is 3. The number of hydrogen-bond donors (Lipinski definition) is 1. The molecule has 0 radical (unpaired) electrons. The summed E-state index contributed by atoms with van der Waals surface area (Å²) in [7, 11) is 2.00. The smallest absolute Gasteiger partial charge is 0.225 e. The molecular formula is C15H20N4. The predicted octanol–water partition coefficient (Wildman–Crippen LogP) is 1.92. The minimum absolute atomic E-state index is 0.627. The van der Waals surface area contributed by atoms with Crippen LogP contribution in [-0.4, -0.2) is 23.6 Å². The third kappa shape index (κ3) is 3.51. The van der Waals surface area contributed by atoms with E-state index in [-0.39, 0.29) is 0 Å². The van der Waals surface area contributed by atoms with Crippen LogP contribution in [0.2, 0.25) is 0 Å².